The van der Waals surface area contributed by atoms with E-state index in [0.29, 0.717) is 12.0 Å². The summed E-state index contributed by atoms with van der Waals surface area (Å²) in [6.45, 7) is 7.10. The second kappa shape index (κ2) is 4.86. The minimum absolute atomic E-state index is 0.0851. The maximum absolute atomic E-state index is 5.81. The van der Waals surface area contributed by atoms with Crippen LogP contribution in [0.2, 0.25) is 0 Å². The average molecular weight is 292 g/mol. The number of rotatable bonds is 2. The summed E-state index contributed by atoms with van der Waals surface area (Å²) in [4.78, 5) is 10.8. The Labute approximate surface area is 122 Å². The highest BCUT2D eigenvalue weighted by atomic mass is 32.1. The van der Waals surface area contributed by atoms with Crippen LogP contribution in [0, 0.1) is 6.92 Å². The maximum Gasteiger partial charge on any atom is 0.223 e. The molecule has 0 aliphatic carbocycles. The number of fused-ring (bicyclic) bond motifs is 1. The first kappa shape index (κ1) is 13.6. The zero-order chi connectivity index (χ0) is 14.3. The number of hydrogen-bond acceptors (Lipinski definition) is 6. The number of anilines is 2. The molecule has 108 valence electrons. The zero-order valence-electron chi connectivity index (χ0n) is 12.1. The van der Waals surface area contributed by atoms with Crippen LogP contribution in [0.25, 0.3) is 10.2 Å². The van der Waals surface area contributed by atoms with Crippen molar-refractivity contribution in [2.75, 3.05) is 17.7 Å². The molecule has 0 aromatic carbocycles. The summed E-state index contributed by atoms with van der Waals surface area (Å²) in [5.74, 6) is 1.17. The topological polar surface area (TPSA) is 73.1 Å². The van der Waals surface area contributed by atoms with E-state index in [1.165, 1.54) is 4.88 Å². The fraction of sp³-hybridized carbons (Fsp3) is 0.571. The van der Waals surface area contributed by atoms with Crippen molar-refractivity contribution in [2.45, 2.75) is 45.3 Å². The first-order valence-corrected chi connectivity index (χ1v) is 7.69. The fourth-order valence-corrected chi connectivity index (χ4v) is 3.60. The lowest BCUT2D eigenvalue weighted by Crippen LogP contribution is -2.40. The summed E-state index contributed by atoms with van der Waals surface area (Å²) >= 11 is 1.65. The van der Waals surface area contributed by atoms with Crippen LogP contribution in [-0.4, -0.2) is 28.2 Å². The third-order valence-electron chi connectivity index (χ3n) is 3.57. The smallest absolute Gasteiger partial charge is 0.223 e. The molecule has 3 rings (SSSR count). The number of aryl methyl sites for hydroxylation is 1. The summed E-state index contributed by atoms with van der Waals surface area (Å²) < 4.78 is 5.75. The maximum atomic E-state index is 5.81. The predicted octanol–water partition coefficient (Wildman–Crippen LogP) is 2.95. The van der Waals surface area contributed by atoms with Crippen molar-refractivity contribution in [2.24, 2.45) is 0 Å². The zero-order valence-corrected chi connectivity index (χ0v) is 12.9. The number of nitrogens with two attached hydrogens (primary N) is 1. The molecule has 1 fully saturated rings. The Morgan fingerprint density at radius 2 is 2.25 bits per heavy atom. The molecule has 0 saturated carbocycles. The first-order chi connectivity index (χ1) is 9.43. The van der Waals surface area contributed by atoms with Gasteiger partial charge in [0, 0.05) is 17.5 Å². The van der Waals surface area contributed by atoms with E-state index < -0.39 is 0 Å². The van der Waals surface area contributed by atoms with Crippen molar-refractivity contribution in [1.29, 1.82) is 0 Å². The van der Waals surface area contributed by atoms with Gasteiger partial charge < -0.3 is 15.8 Å². The molecule has 1 atom stereocenters. The van der Waals surface area contributed by atoms with E-state index in [9.17, 15) is 0 Å². The van der Waals surface area contributed by atoms with Crippen LogP contribution in [0.4, 0.5) is 11.8 Å². The fourth-order valence-electron chi connectivity index (χ4n) is 2.72. The lowest BCUT2D eigenvalue weighted by Gasteiger charge is -2.36. The van der Waals surface area contributed by atoms with E-state index >= 15 is 0 Å². The number of nitrogens with zero attached hydrogens (tertiary/aromatic N) is 2. The molecule has 1 aliphatic rings. The molecule has 0 spiro atoms. The van der Waals surface area contributed by atoms with Gasteiger partial charge >= 0.3 is 0 Å². The second-order valence-corrected chi connectivity index (χ2v) is 7.18. The molecule has 6 heteroatoms. The Morgan fingerprint density at radius 1 is 1.45 bits per heavy atom. The predicted molar refractivity (Wildman–Crippen MR) is 83.2 cm³/mol. The van der Waals surface area contributed by atoms with Crippen LogP contribution in [0.3, 0.4) is 0 Å². The van der Waals surface area contributed by atoms with Crippen molar-refractivity contribution in [1.82, 2.24) is 9.97 Å². The number of ether oxygens (including phenoxy) is 1. The van der Waals surface area contributed by atoms with E-state index in [-0.39, 0.29) is 5.60 Å². The van der Waals surface area contributed by atoms with Gasteiger partial charge in [-0.3, -0.25) is 0 Å². The highest BCUT2D eigenvalue weighted by molar-refractivity contribution is 7.18. The number of aromatic nitrogens is 2. The number of nitrogens with one attached hydrogen (secondary N) is 1. The highest BCUT2D eigenvalue weighted by Crippen LogP contribution is 2.32. The summed E-state index contributed by atoms with van der Waals surface area (Å²) in [5.41, 5.74) is 5.73. The third kappa shape index (κ3) is 2.71. The van der Waals surface area contributed by atoms with Gasteiger partial charge in [0.2, 0.25) is 5.95 Å². The monoisotopic (exact) mass is 292 g/mol. The average Bonchev–Trinajstić information content (AvgIpc) is 2.68. The van der Waals surface area contributed by atoms with E-state index in [2.05, 4.69) is 42.1 Å². The van der Waals surface area contributed by atoms with Crippen molar-refractivity contribution in [3.05, 3.63) is 10.9 Å². The van der Waals surface area contributed by atoms with Gasteiger partial charge in [-0.25, -0.2) is 4.98 Å². The molecule has 2 aromatic rings. The molecular formula is C14H20N4OS. The van der Waals surface area contributed by atoms with E-state index in [0.717, 1.165) is 35.5 Å². The van der Waals surface area contributed by atoms with Gasteiger partial charge in [-0.2, -0.15) is 4.98 Å². The molecule has 0 radical (unpaired) electrons. The molecule has 3 N–H and O–H groups in total. The second-order valence-electron chi connectivity index (χ2n) is 5.95. The van der Waals surface area contributed by atoms with E-state index in [1.54, 1.807) is 11.3 Å². The normalized spacial score (nSPS) is 22.1. The van der Waals surface area contributed by atoms with Crippen LogP contribution in [0.1, 0.15) is 31.6 Å². The Balaban J connectivity index is 1.90. The van der Waals surface area contributed by atoms with Gasteiger partial charge in [-0.15, -0.1) is 11.3 Å². The van der Waals surface area contributed by atoms with Gasteiger partial charge in [-0.05, 0) is 39.7 Å². The molecule has 5 nitrogen and oxygen atoms in total. The molecule has 1 unspecified atom stereocenters. The standard InChI is InChI=1S/C14H20N4OS/c1-8-6-10-11(17-13(15)18-12(10)20-8)16-9-4-5-19-14(2,3)7-9/h6,9H,4-5,7H2,1-3H3,(H3,15,16,17,18). The van der Waals surface area contributed by atoms with Crippen LogP contribution in [0.15, 0.2) is 6.07 Å². The SMILES string of the molecule is Cc1cc2c(NC3CCOC(C)(C)C3)nc(N)nc2s1. The number of nitrogen functional groups attached to an aromatic ring is 1. The van der Waals surface area contributed by atoms with Gasteiger partial charge in [0.05, 0.1) is 11.0 Å². The lowest BCUT2D eigenvalue weighted by atomic mass is 9.94. The Bertz CT molecular complexity index is 637. The largest absolute Gasteiger partial charge is 0.375 e. The van der Waals surface area contributed by atoms with E-state index in [1.807, 2.05) is 0 Å². The Kier molecular flexibility index (Phi) is 3.30. The van der Waals surface area contributed by atoms with Gasteiger partial charge in [-0.1, -0.05) is 0 Å². The summed E-state index contributed by atoms with van der Waals surface area (Å²) in [6, 6.07) is 2.48. The van der Waals surface area contributed by atoms with E-state index in [4.69, 9.17) is 10.5 Å². The van der Waals surface area contributed by atoms with Crippen LogP contribution >= 0.6 is 11.3 Å². The molecule has 20 heavy (non-hydrogen) atoms. The first-order valence-electron chi connectivity index (χ1n) is 6.87. The van der Waals surface area contributed by atoms with Crippen molar-refractivity contribution in [3.63, 3.8) is 0 Å². The van der Waals surface area contributed by atoms with Crippen LogP contribution in [0.5, 0.6) is 0 Å². The number of hydrogen-bond donors (Lipinski definition) is 2. The minimum Gasteiger partial charge on any atom is -0.375 e. The lowest BCUT2D eigenvalue weighted by molar-refractivity contribution is -0.0553. The van der Waals surface area contributed by atoms with Crippen molar-refractivity contribution < 1.29 is 4.74 Å². The number of thiophene rings is 1. The van der Waals surface area contributed by atoms with Gasteiger partial charge in [0.25, 0.3) is 0 Å². The molecule has 1 saturated heterocycles. The minimum atomic E-state index is -0.0851. The summed E-state index contributed by atoms with van der Waals surface area (Å²) in [7, 11) is 0. The molecule has 1 aliphatic heterocycles. The van der Waals surface area contributed by atoms with Crippen molar-refractivity contribution >= 4 is 33.3 Å². The van der Waals surface area contributed by atoms with Crippen LogP contribution < -0.4 is 11.1 Å². The Morgan fingerprint density at radius 3 is 3.00 bits per heavy atom. The van der Waals surface area contributed by atoms with Gasteiger partial charge in [0.15, 0.2) is 0 Å². The molecule has 0 bridgehead atoms. The molecule has 3 heterocycles. The molecule has 0 amide bonds. The molecule has 2 aromatic heterocycles. The Hall–Kier alpha value is -1.40. The van der Waals surface area contributed by atoms with Crippen LogP contribution in [-0.2, 0) is 4.74 Å². The van der Waals surface area contributed by atoms with Gasteiger partial charge in [0.1, 0.15) is 10.6 Å². The quantitative estimate of drug-likeness (QED) is 0.890. The highest BCUT2D eigenvalue weighted by Gasteiger charge is 2.29. The summed E-state index contributed by atoms with van der Waals surface area (Å²) in [5, 5.41) is 4.59. The summed E-state index contributed by atoms with van der Waals surface area (Å²) in [6.07, 6.45) is 1.94. The molecular weight excluding hydrogens is 272 g/mol. The third-order valence-corrected chi connectivity index (χ3v) is 4.52. The van der Waals surface area contributed by atoms with Crippen molar-refractivity contribution in [3.8, 4) is 0 Å².